The molecule has 1 aliphatic rings. The number of benzene rings is 1. The number of thioether (sulfide) groups is 1. The van der Waals surface area contributed by atoms with Crippen LogP contribution in [0.4, 0.5) is 0 Å². The third-order valence-corrected chi connectivity index (χ3v) is 5.01. The lowest BCUT2D eigenvalue weighted by Crippen LogP contribution is -2.45. The highest BCUT2D eigenvalue weighted by Gasteiger charge is 2.22. The van der Waals surface area contributed by atoms with Crippen molar-refractivity contribution < 1.29 is 4.79 Å². The number of carbonyl (C=O) groups is 1. The number of nitrogens with zero attached hydrogens (tertiary/aromatic N) is 1. The predicted molar refractivity (Wildman–Crippen MR) is 88.5 cm³/mol. The van der Waals surface area contributed by atoms with Crippen LogP contribution in [0.3, 0.4) is 0 Å². The lowest BCUT2D eigenvalue weighted by atomic mass is 10.0. The fourth-order valence-electron chi connectivity index (χ4n) is 2.83. The number of rotatable bonds is 3. The Bertz CT molecular complexity index is 617. The molecule has 1 aliphatic heterocycles. The third-order valence-electron chi connectivity index (χ3n) is 3.97. The summed E-state index contributed by atoms with van der Waals surface area (Å²) < 4.78 is 0. The second-order valence-corrected chi connectivity index (χ2v) is 6.69. The molecule has 1 saturated heterocycles. The number of carbonyl (C=O) groups excluding carboxylic acids is 1. The average Bonchev–Trinajstić information content (AvgIpc) is 2.74. The monoisotopic (exact) mass is 303 g/mol. The molecule has 1 atom stereocenters. The van der Waals surface area contributed by atoms with Gasteiger partial charge in [0.05, 0.1) is 6.04 Å². The van der Waals surface area contributed by atoms with Gasteiger partial charge in [0.25, 0.3) is 0 Å². The zero-order chi connectivity index (χ0) is 14.7. The Kier molecular flexibility index (Phi) is 4.51. The molecule has 1 unspecified atom stereocenters. The Labute approximate surface area is 129 Å². The number of para-hydroxylation sites is 1. The fourth-order valence-corrected chi connectivity index (χ4v) is 3.71. The van der Waals surface area contributed by atoms with Crippen LogP contribution >= 0.6 is 11.8 Å². The molecule has 0 spiro atoms. The van der Waals surface area contributed by atoms with Crippen molar-refractivity contribution in [3.05, 3.63) is 36.0 Å². The molecule has 2 heterocycles. The summed E-state index contributed by atoms with van der Waals surface area (Å²) in [5.74, 6) is 2.25. The first-order valence-corrected chi connectivity index (χ1v) is 8.58. The van der Waals surface area contributed by atoms with Crippen molar-refractivity contribution in [1.82, 2.24) is 9.88 Å². The number of amides is 1. The Morgan fingerprint density at radius 1 is 1.33 bits per heavy atom. The van der Waals surface area contributed by atoms with Crippen molar-refractivity contribution in [2.24, 2.45) is 5.73 Å². The van der Waals surface area contributed by atoms with Gasteiger partial charge in [0.1, 0.15) is 0 Å². The highest BCUT2D eigenvalue weighted by Crippen LogP contribution is 2.19. The molecule has 1 fully saturated rings. The Hall–Kier alpha value is -1.46. The standard InChI is InChI=1S/C16H21N3OS/c17-14(16(20)19-6-3-8-21-9-7-19)10-12-11-18-15-5-2-1-4-13(12)15/h1-2,4-5,11,14,18H,3,6-10,17H2. The van der Waals surface area contributed by atoms with Crippen LogP contribution in [-0.2, 0) is 11.2 Å². The highest BCUT2D eigenvalue weighted by atomic mass is 32.2. The lowest BCUT2D eigenvalue weighted by molar-refractivity contribution is -0.132. The second-order valence-electron chi connectivity index (χ2n) is 5.46. The minimum absolute atomic E-state index is 0.0859. The van der Waals surface area contributed by atoms with Gasteiger partial charge >= 0.3 is 0 Å². The molecule has 0 bridgehead atoms. The van der Waals surface area contributed by atoms with Gasteiger partial charge in [-0.05, 0) is 30.2 Å². The Morgan fingerprint density at radius 3 is 3.10 bits per heavy atom. The van der Waals surface area contributed by atoms with Gasteiger partial charge in [-0.2, -0.15) is 11.8 Å². The van der Waals surface area contributed by atoms with Crippen LogP contribution in [-0.4, -0.2) is 46.4 Å². The zero-order valence-corrected chi connectivity index (χ0v) is 12.9. The van der Waals surface area contributed by atoms with Gasteiger partial charge in [-0.3, -0.25) is 4.79 Å². The summed E-state index contributed by atoms with van der Waals surface area (Å²) in [6.07, 6.45) is 3.62. The number of nitrogens with one attached hydrogen (secondary N) is 1. The topological polar surface area (TPSA) is 62.1 Å². The molecule has 1 aromatic carbocycles. The summed E-state index contributed by atoms with van der Waals surface area (Å²) >= 11 is 1.92. The summed E-state index contributed by atoms with van der Waals surface area (Å²) in [6.45, 7) is 1.67. The van der Waals surface area contributed by atoms with Crippen molar-refractivity contribution in [2.75, 3.05) is 24.6 Å². The Balaban J connectivity index is 1.70. The molecule has 0 radical (unpaired) electrons. The molecule has 1 amide bonds. The van der Waals surface area contributed by atoms with Crippen LogP contribution in [0.5, 0.6) is 0 Å². The summed E-state index contributed by atoms with van der Waals surface area (Å²) in [5.41, 5.74) is 8.39. The van der Waals surface area contributed by atoms with Crippen LogP contribution in [0.1, 0.15) is 12.0 Å². The van der Waals surface area contributed by atoms with Crippen LogP contribution in [0.25, 0.3) is 10.9 Å². The van der Waals surface area contributed by atoms with E-state index in [1.807, 2.05) is 41.1 Å². The van der Waals surface area contributed by atoms with E-state index in [2.05, 4.69) is 11.1 Å². The van der Waals surface area contributed by atoms with E-state index in [0.29, 0.717) is 6.42 Å². The van der Waals surface area contributed by atoms with Gasteiger partial charge < -0.3 is 15.6 Å². The first-order chi connectivity index (χ1) is 10.3. The summed E-state index contributed by atoms with van der Waals surface area (Å²) in [4.78, 5) is 17.7. The van der Waals surface area contributed by atoms with Crippen LogP contribution in [0.2, 0.25) is 0 Å². The minimum Gasteiger partial charge on any atom is -0.361 e. The van der Waals surface area contributed by atoms with E-state index in [1.165, 1.54) is 0 Å². The SMILES string of the molecule is NC(Cc1c[nH]c2ccccc12)C(=O)N1CCCSCC1. The zero-order valence-electron chi connectivity index (χ0n) is 12.0. The Morgan fingerprint density at radius 2 is 2.19 bits per heavy atom. The predicted octanol–water partition coefficient (Wildman–Crippen LogP) is 2.00. The number of fused-ring (bicyclic) bond motifs is 1. The normalized spacial score (nSPS) is 17.7. The minimum atomic E-state index is -0.452. The maximum Gasteiger partial charge on any atom is 0.239 e. The van der Waals surface area contributed by atoms with Gasteiger partial charge in [-0.1, -0.05) is 18.2 Å². The van der Waals surface area contributed by atoms with Crippen LogP contribution in [0.15, 0.2) is 30.5 Å². The summed E-state index contributed by atoms with van der Waals surface area (Å²) in [7, 11) is 0. The quantitative estimate of drug-likeness (QED) is 0.911. The number of aromatic nitrogens is 1. The van der Waals surface area contributed by atoms with Gasteiger partial charge in [-0.15, -0.1) is 0 Å². The third kappa shape index (κ3) is 3.24. The molecule has 5 heteroatoms. The number of aromatic amines is 1. The molecule has 3 rings (SSSR count). The molecule has 4 nitrogen and oxygen atoms in total. The van der Waals surface area contributed by atoms with Crippen molar-refractivity contribution in [1.29, 1.82) is 0 Å². The van der Waals surface area contributed by atoms with Gasteiger partial charge in [0.2, 0.25) is 5.91 Å². The van der Waals surface area contributed by atoms with Crippen molar-refractivity contribution >= 4 is 28.6 Å². The molecule has 1 aromatic heterocycles. The molecular weight excluding hydrogens is 282 g/mol. The maximum absolute atomic E-state index is 12.5. The van der Waals surface area contributed by atoms with Gasteiger partial charge in [0, 0.05) is 35.9 Å². The van der Waals surface area contributed by atoms with E-state index in [1.54, 1.807) is 0 Å². The van der Waals surface area contributed by atoms with Crippen LogP contribution < -0.4 is 5.73 Å². The summed E-state index contributed by atoms with van der Waals surface area (Å²) in [6, 6.07) is 7.67. The highest BCUT2D eigenvalue weighted by molar-refractivity contribution is 7.99. The smallest absolute Gasteiger partial charge is 0.239 e. The molecule has 0 aliphatic carbocycles. The first-order valence-electron chi connectivity index (χ1n) is 7.43. The lowest BCUT2D eigenvalue weighted by Gasteiger charge is -2.23. The van der Waals surface area contributed by atoms with Gasteiger partial charge in [0.15, 0.2) is 0 Å². The molecule has 2 aromatic rings. The van der Waals surface area contributed by atoms with E-state index in [0.717, 1.165) is 47.5 Å². The van der Waals surface area contributed by atoms with E-state index >= 15 is 0 Å². The van der Waals surface area contributed by atoms with E-state index in [4.69, 9.17) is 5.73 Å². The molecule has 21 heavy (non-hydrogen) atoms. The van der Waals surface area contributed by atoms with E-state index in [-0.39, 0.29) is 5.91 Å². The van der Waals surface area contributed by atoms with E-state index < -0.39 is 6.04 Å². The first kappa shape index (κ1) is 14.5. The number of H-pyrrole nitrogens is 1. The number of nitrogens with two attached hydrogens (primary N) is 1. The molecule has 112 valence electrons. The van der Waals surface area contributed by atoms with E-state index in [9.17, 15) is 4.79 Å². The maximum atomic E-state index is 12.5. The number of hydrogen-bond acceptors (Lipinski definition) is 3. The fraction of sp³-hybridized carbons (Fsp3) is 0.438. The van der Waals surface area contributed by atoms with Crippen LogP contribution in [0, 0.1) is 0 Å². The second kappa shape index (κ2) is 6.54. The van der Waals surface area contributed by atoms with Crippen molar-refractivity contribution in [2.45, 2.75) is 18.9 Å². The molecule has 0 saturated carbocycles. The van der Waals surface area contributed by atoms with Crippen molar-refractivity contribution in [3.63, 3.8) is 0 Å². The average molecular weight is 303 g/mol. The van der Waals surface area contributed by atoms with Crippen molar-refractivity contribution in [3.8, 4) is 0 Å². The molecular formula is C16H21N3OS. The number of hydrogen-bond donors (Lipinski definition) is 2. The summed E-state index contributed by atoms with van der Waals surface area (Å²) in [5, 5.41) is 1.16. The largest absolute Gasteiger partial charge is 0.361 e. The van der Waals surface area contributed by atoms with Gasteiger partial charge in [-0.25, -0.2) is 0 Å². The molecule has 3 N–H and O–H groups in total.